The Balaban J connectivity index is 1.53. The van der Waals surface area contributed by atoms with E-state index in [1.54, 1.807) is 6.33 Å². The molecule has 0 saturated heterocycles. The Morgan fingerprint density at radius 2 is 0.884 bits per heavy atom. The standard InChI is InChI=1S/C37H24N6/c1-4-14-25(15-5-1)36-38-24-39-37(40-36)43-31-23-13-11-21-29(31)33-35(43)34-32(42(33)27-18-8-3-9-19-27)28-20-10-12-22-30(28)41(34)26-16-6-2-7-17-26/h1-24H. The van der Waals surface area contributed by atoms with E-state index in [2.05, 4.69) is 128 Å². The molecule has 0 fully saturated rings. The lowest BCUT2D eigenvalue weighted by Gasteiger charge is -2.10. The van der Waals surface area contributed by atoms with Gasteiger partial charge in [0.1, 0.15) is 11.8 Å². The Morgan fingerprint density at radius 3 is 1.51 bits per heavy atom. The largest absolute Gasteiger partial charge is 0.306 e. The van der Waals surface area contributed by atoms with Gasteiger partial charge in [-0.05, 0) is 36.4 Å². The van der Waals surface area contributed by atoms with Crippen molar-refractivity contribution in [3.05, 3.63) is 146 Å². The van der Waals surface area contributed by atoms with Crippen molar-refractivity contribution in [2.75, 3.05) is 0 Å². The second-order valence-corrected chi connectivity index (χ2v) is 10.6. The Kier molecular flexibility index (Phi) is 5.10. The van der Waals surface area contributed by atoms with E-state index in [0.717, 1.165) is 55.4 Å². The summed E-state index contributed by atoms with van der Waals surface area (Å²) in [5.74, 6) is 1.22. The molecule has 0 atom stereocenters. The van der Waals surface area contributed by atoms with Gasteiger partial charge >= 0.3 is 0 Å². The fourth-order valence-corrected chi connectivity index (χ4v) is 6.46. The summed E-state index contributed by atoms with van der Waals surface area (Å²) >= 11 is 0. The molecule has 6 nitrogen and oxygen atoms in total. The Labute approximate surface area is 246 Å². The highest BCUT2D eigenvalue weighted by Crippen LogP contribution is 2.45. The molecular weight excluding hydrogens is 528 g/mol. The van der Waals surface area contributed by atoms with Crippen LogP contribution in [-0.4, -0.2) is 28.7 Å². The van der Waals surface area contributed by atoms with E-state index < -0.39 is 0 Å². The van der Waals surface area contributed by atoms with Gasteiger partial charge in [-0.15, -0.1) is 0 Å². The summed E-state index contributed by atoms with van der Waals surface area (Å²) in [6, 6.07) is 48.4. The predicted octanol–water partition coefficient (Wildman–Crippen LogP) is 8.52. The van der Waals surface area contributed by atoms with Crippen LogP contribution in [0.1, 0.15) is 0 Å². The number of nitrogens with zero attached hydrogens (tertiary/aromatic N) is 6. The Morgan fingerprint density at radius 1 is 0.395 bits per heavy atom. The van der Waals surface area contributed by atoms with Crippen LogP contribution in [-0.2, 0) is 0 Å². The zero-order chi connectivity index (χ0) is 28.3. The van der Waals surface area contributed by atoms with Crippen molar-refractivity contribution >= 4 is 43.9 Å². The van der Waals surface area contributed by atoms with Crippen molar-refractivity contribution in [3.63, 3.8) is 0 Å². The van der Waals surface area contributed by atoms with Gasteiger partial charge in [0.15, 0.2) is 5.82 Å². The molecule has 43 heavy (non-hydrogen) atoms. The van der Waals surface area contributed by atoms with Gasteiger partial charge in [0, 0.05) is 27.7 Å². The van der Waals surface area contributed by atoms with Gasteiger partial charge in [-0.25, -0.2) is 9.97 Å². The quantitative estimate of drug-likeness (QED) is 0.220. The van der Waals surface area contributed by atoms with Gasteiger partial charge in [-0.1, -0.05) is 103 Å². The summed E-state index contributed by atoms with van der Waals surface area (Å²) in [4.78, 5) is 14.4. The SMILES string of the molecule is c1ccc(-c2ncnc(-n3c4ccccc4c4c3c3c(c5ccccc5n3-c3ccccc3)n4-c3ccccc3)n2)cc1. The van der Waals surface area contributed by atoms with Gasteiger partial charge in [-0.3, -0.25) is 4.57 Å². The molecule has 0 bridgehead atoms. The maximum atomic E-state index is 5.05. The molecule has 6 heteroatoms. The van der Waals surface area contributed by atoms with Crippen LogP contribution < -0.4 is 0 Å². The summed E-state index contributed by atoms with van der Waals surface area (Å²) in [5.41, 5.74) is 9.73. The van der Waals surface area contributed by atoms with E-state index in [-0.39, 0.29) is 0 Å². The molecule has 0 saturated carbocycles. The molecule has 0 amide bonds. The number of benzene rings is 5. The third kappa shape index (κ3) is 3.44. The third-order valence-corrected chi connectivity index (χ3v) is 8.19. The van der Waals surface area contributed by atoms with E-state index in [0.29, 0.717) is 11.8 Å². The fraction of sp³-hybridized carbons (Fsp3) is 0. The van der Waals surface area contributed by atoms with Crippen LogP contribution in [0.3, 0.4) is 0 Å². The average molecular weight is 553 g/mol. The van der Waals surface area contributed by atoms with Gasteiger partial charge in [0.2, 0.25) is 5.95 Å². The number of hydrogen-bond acceptors (Lipinski definition) is 3. The van der Waals surface area contributed by atoms with E-state index in [1.165, 1.54) is 5.39 Å². The number of fused-ring (bicyclic) bond motifs is 7. The molecule has 0 spiro atoms. The molecule has 0 unspecified atom stereocenters. The molecule has 0 aliphatic heterocycles. The lowest BCUT2D eigenvalue weighted by Crippen LogP contribution is -2.04. The number of hydrogen-bond donors (Lipinski definition) is 0. The van der Waals surface area contributed by atoms with E-state index in [4.69, 9.17) is 9.97 Å². The highest BCUT2D eigenvalue weighted by Gasteiger charge is 2.28. The highest BCUT2D eigenvalue weighted by atomic mass is 15.2. The van der Waals surface area contributed by atoms with E-state index in [1.807, 2.05) is 30.3 Å². The van der Waals surface area contributed by atoms with Gasteiger partial charge in [-0.2, -0.15) is 4.98 Å². The van der Waals surface area contributed by atoms with Crippen LogP contribution in [0, 0.1) is 0 Å². The summed E-state index contributed by atoms with van der Waals surface area (Å²) in [5, 5.41) is 2.31. The first-order valence-corrected chi connectivity index (χ1v) is 14.3. The maximum absolute atomic E-state index is 5.05. The number of rotatable bonds is 4. The van der Waals surface area contributed by atoms with Crippen LogP contribution in [0.2, 0.25) is 0 Å². The summed E-state index contributed by atoms with van der Waals surface area (Å²) in [6.45, 7) is 0. The molecule has 4 heterocycles. The van der Waals surface area contributed by atoms with Crippen molar-refractivity contribution in [2.45, 2.75) is 0 Å². The topological polar surface area (TPSA) is 53.5 Å². The van der Waals surface area contributed by atoms with Gasteiger partial charge in [0.05, 0.1) is 27.6 Å². The van der Waals surface area contributed by atoms with Gasteiger partial charge in [0.25, 0.3) is 0 Å². The molecule has 4 aromatic heterocycles. The molecule has 5 aromatic carbocycles. The first-order chi connectivity index (χ1) is 21.4. The molecule has 202 valence electrons. The van der Waals surface area contributed by atoms with Crippen LogP contribution in [0.25, 0.3) is 72.6 Å². The zero-order valence-electron chi connectivity index (χ0n) is 23.0. The molecule has 0 aliphatic rings. The number of aromatic nitrogens is 6. The van der Waals surface area contributed by atoms with Crippen molar-refractivity contribution in [3.8, 4) is 28.7 Å². The predicted molar refractivity (Wildman–Crippen MR) is 173 cm³/mol. The lowest BCUT2D eigenvalue weighted by molar-refractivity contribution is 0.947. The minimum Gasteiger partial charge on any atom is -0.306 e. The summed E-state index contributed by atoms with van der Waals surface area (Å²) in [6.07, 6.45) is 1.61. The first kappa shape index (κ1) is 23.7. The van der Waals surface area contributed by atoms with Crippen molar-refractivity contribution in [1.82, 2.24) is 28.7 Å². The minimum absolute atomic E-state index is 0.581. The first-order valence-electron chi connectivity index (χ1n) is 14.3. The highest BCUT2D eigenvalue weighted by molar-refractivity contribution is 6.25. The zero-order valence-corrected chi connectivity index (χ0v) is 23.0. The monoisotopic (exact) mass is 552 g/mol. The van der Waals surface area contributed by atoms with Gasteiger partial charge < -0.3 is 9.13 Å². The maximum Gasteiger partial charge on any atom is 0.238 e. The Hall–Kier alpha value is -6.01. The lowest BCUT2D eigenvalue weighted by atomic mass is 10.2. The molecular formula is C37H24N6. The third-order valence-electron chi connectivity index (χ3n) is 8.19. The van der Waals surface area contributed by atoms with Crippen LogP contribution >= 0.6 is 0 Å². The molecule has 0 aliphatic carbocycles. The second kappa shape index (κ2) is 9.26. The van der Waals surface area contributed by atoms with Crippen molar-refractivity contribution in [1.29, 1.82) is 0 Å². The second-order valence-electron chi connectivity index (χ2n) is 10.6. The van der Waals surface area contributed by atoms with Crippen molar-refractivity contribution < 1.29 is 0 Å². The average Bonchev–Trinajstić information content (AvgIpc) is 3.71. The molecule has 0 N–H and O–H groups in total. The van der Waals surface area contributed by atoms with Crippen LogP contribution in [0.15, 0.2) is 146 Å². The van der Waals surface area contributed by atoms with Crippen LogP contribution in [0.5, 0.6) is 0 Å². The fourth-order valence-electron chi connectivity index (χ4n) is 6.46. The summed E-state index contributed by atoms with van der Waals surface area (Å²) < 4.78 is 6.99. The van der Waals surface area contributed by atoms with E-state index >= 15 is 0 Å². The molecule has 9 aromatic rings. The Bertz CT molecular complexity index is 2430. The van der Waals surface area contributed by atoms with Crippen LogP contribution in [0.4, 0.5) is 0 Å². The van der Waals surface area contributed by atoms with Crippen molar-refractivity contribution in [2.24, 2.45) is 0 Å². The normalized spacial score (nSPS) is 11.7. The molecule has 9 rings (SSSR count). The minimum atomic E-state index is 0.581. The van der Waals surface area contributed by atoms with E-state index in [9.17, 15) is 0 Å². The molecule has 0 radical (unpaired) electrons. The number of para-hydroxylation sites is 4. The smallest absolute Gasteiger partial charge is 0.238 e. The summed E-state index contributed by atoms with van der Waals surface area (Å²) in [7, 11) is 0.